The topological polar surface area (TPSA) is 32.3 Å². The summed E-state index contributed by atoms with van der Waals surface area (Å²) in [6.07, 6.45) is 0.813. The third kappa shape index (κ3) is 3.89. The van der Waals surface area contributed by atoms with E-state index in [-0.39, 0.29) is 12.0 Å². The molecule has 1 aromatic heterocycles. The van der Waals surface area contributed by atoms with Crippen LogP contribution in [0.5, 0.6) is 0 Å². The van der Waals surface area contributed by atoms with E-state index in [1.54, 1.807) is 11.3 Å². The Labute approximate surface area is 103 Å². The molecule has 3 heteroatoms. The van der Waals surface area contributed by atoms with Crippen molar-refractivity contribution in [2.45, 2.75) is 46.7 Å². The summed E-state index contributed by atoms with van der Waals surface area (Å²) < 4.78 is 0. The van der Waals surface area contributed by atoms with Crippen LogP contribution in [-0.2, 0) is 6.54 Å². The molecule has 0 fully saturated rings. The Bertz CT molecular complexity index is 314. The van der Waals surface area contributed by atoms with Crippen molar-refractivity contribution in [3.63, 3.8) is 0 Å². The van der Waals surface area contributed by atoms with Crippen LogP contribution < -0.4 is 5.32 Å². The van der Waals surface area contributed by atoms with Gasteiger partial charge in [0, 0.05) is 24.1 Å². The summed E-state index contributed by atoms with van der Waals surface area (Å²) in [7, 11) is 0. The van der Waals surface area contributed by atoms with Gasteiger partial charge in [-0.2, -0.15) is 0 Å². The van der Waals surface area contributed by atoms with E-state index in [4.69, 9.17) is 5.11 Å². The van der Waals surface area contributed by atoms with Crippen molar-refractivity contribution >= 4 is 11.3 Å². The molecule has 0 aliphatic rings. The Morgan fingerprint density at radius 1 is 1.44 bits per heavy atom. The lowest BCUT2D eigenvalue weighted by atomic mass is 9.85. The maximum Gasteiger partial charge on any atom is 0.0446 e. The smallest absolute Gasteiger partial charge is 0.0446 e. The number of rotatable bonds is 5. The molecule has 0 aromatic carbocycles. The van der Waals surface area contributed by atoms with Gasteiger partial charge in [0.2, 0.25) is 0 Å². The van der Waals surface area contributed by atoms with Crippen LogP contribution in [0.1, 0.15) is 37.6 Å². The second kappa shape index (κ2) is 5.80. The first-order valence-corrected chi connectivity index (χ1v) is 6.70. The predicted molar refractivity (Wildman–Crippen MR) is 70.8 cm³/mol. The average Bonchev–Trinajstić information content (AvgIpc) is 2.57. The van der Waals surface area contributed by atoms with Gasteiger partial charge in [-0.1, -0.05) is 20.8 Å². The molecule has 0 radical (unpaired) electrons. The van der Waals surface area contributed by atoms with Gasteiger partial charge in [-0.05, 0) is 35.8 Å². The van der Waals surface area contributed by atoms with Crippen molar-refractivity contribution in [2.75, 3.05) is 6.61 Å². The van der Waals surface area contributed by atoms with Gasteiger partial charge in [0.1, 0.15) is 0 Å². The van der Waals surface area contributed by atoms with Crippen LogP contribution in [0, 0.1) is 12.3 Å². The molecule has 2 N–H and O–H groups in total. The second-order valence-electron chi connectivity index (χ2n) is 5.34. The fourth-order valence-corrected chi connectivity index (χ4v) is 2.63. The van der Waals surface area contributed by atoms with Crippen molar-refractivity contribution in [2.24, 2.45) is 5.41 Å². The van der Waals surface area contributed by atoms with Gasteiger partial charge < -0.3 is 10.4 Å². The molecule has 1 atom stereocenters. The maximum absolute atomic E-state index is 9.07. The van der Waals surface area contributed by atoms with Gasteiger partial charge in [-0.3, -0.25) is 0 Å². The lowest BCUT2D eigenvalue weighted by Gasteiger charge is -2.31. The Morgan fingerprint density at radius 2 is 2.12 bits per heavy atom. The molecule has 1 aromatic rings. The highest BCUT2D eigenvalue weighted by atomic mass is 32.1. The van der Waals surface area contributed by atoms with Crippen molar-refractivity contribution in [3.8, 4) is 0 Å². The van der Waals surface area contributed by atoms with Crippen LogP contribution in [-0.4, -0.2) is 17.8 Å². The molecule has 1 unspecified atom stereocenters. The van der Waals surface area contributed by atoms with Gasteiger partial charge in [0.25, 0.3) is 0 Å². The summed E-state index contributed by atoms with van der Waals surface area (Å²) in [6, 6.07) is 2.51. The van der Waals surface area contributed by atoms with Gasteiger partial charge in [-0.15, -0.1) is 11.3 Å². The van der Waals surface area contributed by atoms with Crippen molar-refractivity contribution in [3.05, 3.63) is 21.9 Å². The molecular weight excluding hydrogens is 218 g/mol. The van der Waals surface area contributed by atoms with Gasteiger partial charge in [-0.25, -0.2) is 0 Å². The largest absolute Gasteiger partial charge is 0.396 e. The van der Waals surface area contributed by atoms with Crippen LogP contribution >= 0.6 is 11.3 Å². The first-order valence-electron chi connectivity index (χ1n) is 5.82. The number of thiophene rings is 1. The van der Waals surface area contributed by atoms with Crippen LogP contribution in [0.3, 0.4) is 0 Å². The number of aliphatic hydroxyl groups is 1. The van der Waals surface area contributed by atoms with Gasteiger partial charge >= 0.3 is 0 Å². The lowest BCUT2D eigenvalue weighted by molar-refractivity contribution is 0.196. The molecule has 1 heterocycles. The third-order valence-electron chi connectivity index (χ3n) is 2.94. The standard InChI is InChI=1S/C13H23NOS/c1-10-6-8-16-11(10)9-14-12(5-7-15)13(2,3)4/h6,8,12,14-15H,5,7,9H2,1-4H3. The number of aryl methyl sites for hydroxylation is 1. The highest BCUT2D eigenvalue weighted by molar-refractivity contribution is 7.10. The number of hydrogen-bond acceptors (Lipinski definition) is 3. The third-order valence-corrected chi connectivity index (χ3v) is 3.96. The minimum atomic E-state index is 0.188. The predicted octanol–water partition coefficient (Wildman–Crippen LogP) is 2.94. The number of hydrogen-bond donors (Lipinski definition) is 2. The highest BCUT2D eigenvalue weighted by Crippen LogP contribution is 2.23. The Kier molecular flexibility index (Phi) is 4.96. The minimum absolute atomic E-state index is 0.188. The molecule has 0 spiro atoms. The molecule has 0 aliphatic carbocycles. The quantitative estimate of drug-likeness (QED) is 0.830. The van der Waals surface area contributed by atoms with Gasteiger partial charge in [0.05, 0.1) is 0 Å². The summed E-state index contributed by atoms with van der Waals surface area (Å²) in [6.45, 7) is 9.93. The average molecular weight is 241 g/mol. The molecule has 0 saturated carbocycles. The van der Waals surface area contributed by atoms with Crippen molar-refractivity contribution in [1.29, 1.82) is 0 Å². The summed E-state index contributed by atoms with van der Waals surface area (Å²) >= 11 is 1.80. The van der Waals surface area contributed by atoms with Crippen LogP contribution in [0.2, 0.25) is 0 Å². The molecule has 0 bridgehead atoms. The minimum Gasteiger partial charge on any atom is -0.396 e. The highest BCUT2D eigenvalue weighted by Gasteiger charge is 2.23. The SMILES string of the molecule is Cc1ccsc1CNC(CCO)C(C)(C)C. The maximum atomic E-state index is 9.07. The zero-order valence-corrected chi connectivity index (χ0v) is 11.5. The monoisotopic (exact) mass is 241 g/mol. The second-order valence-corrected chi connectivity index (χ2v) is 6.34. The first-order chi connectivity index (χ1) is 7.45. The van der Waals surface area contributed by atoms with Crippen LogP contribution in [0.15, 0.2) is 11.4 Å². The summed E-state index contributed by atoms with van der Waals surface area (Å²) in [4.78, 5) is 1.40. The molecule has 92 valence electrons. The van der Waals surface area contributed by atoms with E-state index >= 15 is 0 Å². The van der Waals surface area contributed by atoms with E-state index in [9.17, 15) is 0 Å². The van der Waals surface area contributed by atoms with Crippen LogP contribution in [0.4, 0.5) is 0 Å². The van der Waals surface area contributed by atoms with Crippen molar-refractivity contribution < 1.29 is 5.11 Å². The normalized spacial score (nSPS) is 14.1. The van der Waals surface area contributed by atoms with Gasteiger partial charge in [0.15, 0.2) is 0 Å². The van der Waals surface area contributed by atoms with E-state index in [1.165, 1.54) is 10.4 Å². The molecule has 0 amide bonds. The van der Waals surface area contributed by atoms with Crippen molar-refractivity contribution in [1.82, 2.24) is 5.32 Å². The number of aliphatic hydroxyl groups excluding tert-OH is 1. The fourth-order valence-electron chi connectivity index (χ4n) is 1.77. The molecule has 16 heavy (non-hydrogen) atoms. The fraction of sp³-hybridized carbons (Fsp3) is 0.692. The summed E-state index contributed by atoms with van der Waals surface area (Å²) in [5.41, 5.74) is 1.54. The zero-order chi connectivity index (χ0) is 12.2. The van der Waals surface area contributed by atoms with Crippen LogP contribution in [0.25, 0.3) is 0 Å². The Hall–Kier alpha value is -0.380. The first kappa shape index (κ1) is 13.7. The molecule has 0 saturated heterocycles. The van der Waals surface area contributed by atoms with E-state index in [0.29, 0.717) is 6.04 Å². The van der Waals surface area contributed by atoms with E-state index in [0.717, 1.165) is 13.0 Å². The molecular formula is C13H23NOS. The van der Waals surface area contributed by atoms with E-state index < -0.39 is 0 Å². The lowest BCUT2D eigenvalue weighted by Crippen LogP contribution is -2.40. The molecule has 2 nitrogen and oxygen atoms in total. The Balaban J connectivity index is 2.54. The molecule has 1 rings (SSSR count). The Morgan fingerprint density at radius 3 is 2.56 bits per heavy atom. The summed E-state index contributed by atoms with van der Waals surface area (Å²) in [5, 5.41) is 14.8. The van der Waals surface area contributed by atoms with E-state index in [1.807, 2.05) is 0 Å². The molecule has 0 aliphatic heterocycles. The van der Waals surface area contributed by atoms with E-state index in [2.05, 4.69) is 44.5 Å². The zero-order valence-electron chi connectivity index (χ0n) is 10.7. The summed E-state index contributed by atoms with van der Waals surface area (Å²) in [5.74, 6) is 0. The number of nitrogens with one attached hydrogen (secondary N) is 1.